The number of carbonyl (C=O) groups excluding carboxylic acids is 2. The number of halogens is 2. The standard InChI is InChI=1S/C16H8Cl2O2/c17-11-5-14(20)10-4-2-8-12(18)6-13(19)9-3-1-7(11)15(10)16(8)9/h1-8H. The lowest BCUT2D eigenvalue weighted by molar-refractivity contribution is -0.112. The highest BCUT2D eigenvalue weighted by atomic mass is 35.5. The zero-order chi connectivity index (χ0) is 14.0. The Hall–Kier alpha value is -1.64. The van der Waals surface area contributed by atoms with Crippen LogP contribution in [0.4, 0.5) is 0 Å². The van der Waals surface area contributed by atoms with Crippen LogP contribution >= 0.6 is 23.2 Å². The summed E-state index contributed by atoms with van der Waals surface area (Å²) in [6.07, 6.45) is 10.2. The summed E-state index contributed by atoms with van der Waals surface area (Å²) >= 11 is 12.4. The van der Waals surface area contributed by atoms with Crippen LogP contribution in [0.2, 0.25) is 0 Å². The fourth-order valence-electron chi connectivity index (χ4n) is 3.19. The molecule has 4 heteroatoms. The van der Waals surface area contributed by atoms with Crippen molar-refractivity contribution in [3.8, 4) is 0 Å². The van der Waals surface area contributed by atoms with Gasteiger partial charge in [-0.1, -0.05) is 47.5 Å². The first-order chi connectivity index (χ1) is 9.58. The van der Waals surface area contributed by atoms with Crippen molar-refractivity contribution >= 4 is 34.8 Å². The fourth-order valence-corrected chi connectivity index (χ4v) is 3.75. The van der Waals surface area contributed by atoms with Crippen molar-refractivity contribution in [2.75, 3.05) is 0 Å². The summed E-state index contributed by atoms with van der Waals surface area (Å²) in [7, 11) is 0. The molecule has 4 rings (SSSR count). The maximum Gasteiger partial charge on any atom is 0.187 e. The second kappa shape index (κ2) is 3.94. The lowest BCUT2D eigenvalue weighted by atomic mass is 9.68. The molecule has 0 spiro atoms. The van der Waals surface area contributed by atoms with E-state index in [9.17, 15) is 9.59 Å². The smallest absolute Gasteiger partial charge is 0.187 e. The highest BCUT2D eigenvalue weighted by Crippen LogP contribution is 2.50. The average Bonchev–Trinajstić information content (AvgIpc) is 2.42. The minimum absolute atomic E-state index is 0.115. The molecule has 0 bridgehead atoms. The molecule has 2 atom stereocenters. The number of allylic oxidation sites excluding steroid dienone is 12. The van der Waals surface area contributed by atoms with E-state index < -0.39 is 0 Å². The van der Waals surface area contributed by atoms with Crippen LogP contribution in [-0.4, -0.2) is 11.6 Å². The third-order valence-electron chi connectivity index (χ3n) is 4.07. The summed E-state index contributed by atoms with van der Waals surface area (Å²) in [5.41, 5.74) is 2.91. The maximum atomic E-state index is 12.1. The van der Waals surface area contributed by atoms with Gasteiger partial charge in [0.1, 0.15) is 0 Å². The van der Waals surface area contributed by atoms with Crippen molar-refractivity contribution in [1.82, 2.24) is 0 Å². The lowest BCUT2D eigenvalue weighted by Crippen LogP contribution is -2.29. The van der Waals surface area contributed by atoms with Crippen molar-refractivity contribution in [1.29, 1.82) is 0 Å². The van der Waals surface area contributed by atoms with Crippen molar-refractivity contribution in [3.63, 3.8) is 0 Å². The second-order valence-corrected chi connectivity index (χ2v) is 5.99. The van der Waals surface area contributed by atoms with Crippen LogP contribution < -0.4 is 0 Å². The molecule has 98 valence electrons. The average molecular weight is 303 g/mol. The zero-order valence-corrected chi connectivity index (χ0v) is 11.7. The van der Waals surface area contributed by atoms with Gasteiger partial charge in [0.25, 0.3) is 0 Å². The molecule has 0 aromatic rings. The van der Waals surface area contributed by atoms with E-state index in [1.165, 1.54) is 12.2 Å². The van der Waals surface area contributed by atoms with Crippen molar-refractivity contribution in [2.24, 2.45) is 11.8 Å². The first kappa shape index (κ1) is 12.1. The molecule has 0 radical (unpaired) electrons. The van der Waals surface area contributed by atoms with Gasteiger partial charge >= 0.3 is 0 Å². The van der Waals surface area contributed by atoms with Gasteiger partial charge in [0, 0.05) is 45.2 Å². The van der Waals surface area contributed by atoms with E-state index in [-0.39, 0.29) is 23.4 Å². The van der Waals surface area contributed by atoms with Gasteiger partial charge in [0.15, 0.2) is 11.6 Å². The molecule has 0 aliphatic heterocycles. The van der Waals surface area contributed by atoms with E-state index in [4.69, 9.17) is 23.2 Å². The number of rotatable bonds is 0. The van der Waals surface area contributed by atoms with E-state index in [1.54, 1.807) is 12.2 Å². The molecule has 0 aromatic heterocycles. The summed E-state index contributed by atoms with van der Waals surface area (Å²) in [6, 6.07) is 0. The first-order valence-corrected chi connectivity index (χ1v) is 7.01. The number of hydrogen-bond donors (Lipinski definition) is 0. The minimum Gasteiger partial charge on any atom is -0.289 e. The van der Waals surface area contributed by atoms with Gasteiger partial charge in [0.2, 0.25) is 0 Å². The number of hydrogen-bond acceptors (Lipinski definition) is 2. The van der Waals surface area contributed by atoms with Gasteiger partial charge < -0.3 is 0 Å². The van der Waals surface area contributed by atoms with Crippen molar-refractivity contribution in [2.45, 2.75) is 0 Å². The molecular formula is C16H8Cl2O2. The Balaban J connectivity index is 2.03. The van der Waals surface area contributed by atoms with Gasteiger partial charge in [-0.05, 0) is 11.1 Å². The van der Waals surface area contributed by atoms with E-state index in [0.29, 0.717) is 21.2 Å². The monoisotopic (exact) mass is 302 g/mol. The Kier molecular flexibility index (Phi) is 2.39. The molecule has 2 nitrogen and oxygen atoms in total. The summed E-state index contributed by atoms with van der Waals surface area (Å²) in [4.78, 5) is 24.2. The van der Waals surface area contributed by atoms with Crippen LogP contribution in [0.3, 0.4) is 0 Å². The minimum atomic E-state index is -0.147. The van der Waals surface area contributed by atoms with Crippen LogP contribution in [0, 0.1) is 11.8 Å². The highest BCUT2D eigenvalue weighted by Gasteiger charge is 2.40. The molecular weight excluding hydrogens is 295 g/mol. The molecule has 0 saturated heterocycles. The molecule has 0 saturated carbocycles. The number of ketones is 2. The Bertz CT molecular complexity index is 706. The zero-order valence-electron chi connectivity index (χ0n) is 10.2. The normalized spacial score (nSPS) is 30.5. The summed E-state index contributed by atoms with van der Waals surface area (Å²) in [5, 5.41) is 0.979. The Morgan fingerprint density at radius 1 is 0.750 bits per heavy atom. The Morgan fingerprint density at radius 3 is 1.55 bits per heavy atom. The third-order valence-corrected chi connectivity index (χ3v) is 4.75. The lowest BCUT2D eigenvalue weighted by Gasteiger charge is -2.36. The largest absolute Gasteiger partial charge is 0.289 e. The van der Waals surface area contributed by atoms with Gasteiger partial charge in [-0.15, -0.1) is 0 Å². The number of carbonyl (C=O) groups is 2. The summed E-state index contributed by atoms with van der Waals surface area (Å²) < 4.78 is 0. The third kappa shape index (κ3) is 1.41. The van der Waals surface area contributed by atoms with Crippen LogP contribution in [0.5, 0.6) is 0 Å². The van der Waals surface area contributed by atoms with E-state index in [2.05, 4.69) is 0 Å². The maximum absolute atomic E-state index is 12.1. The van der Waals surface area contributed by atoms with Crippen molar-refractivity contribution in [3.05, 3.63) is 68.8 Å². The second-order valence-electron chi connectivity index (χ2n) is 5.12. The first-order valence-electron chi connectivity index (χ1n) is 6.26. The predicted octanol–water partition coefficient (Wildman–Crippen LogP) is 3.36. The predicted molar refractivity (Wildman–Crippen MR) is 77.2 cm³/mol. The molecule has 20 heavy (non-hydrogen) atoms. The SMILES string of the molecule is O=C1C=C(Cl)C2C=CC3=C4C2=C1C=CC4C(Cl)=CC3=O. The van der Waals surface area contributed by atoms with Gasteiger partial charge in [-0.2, -0.15) is 0 Å². The van der Waals surface area contributed by atoms with Gasteiger partial charge in [-0.3, -0.25) is 9.59 Å². The van der Waals surface area contributed by atoms with Crippen LogP contribution in [0.1, 0.15) is 0 Å². The Labute approximate surface area is 125 Å². The van der Waals surface area contributed by atoms with Crippen LogP contribution in [0.25, 0.3) is 0 Å². The molecule has 0 fully saturated rings. The van der Waals surface area contributed by atoms with E-state index in [1.807, 2.05) is 12.2 Å². The summed E-state index contributed by atoms with van der Waals surface area (Å²) in [5.74, 6) is -0.524. The molecule has 0 amide bonds. The summed E-state index contributed by atoms with van der Waals surface area (Å²) in [6.45, 7) is 0. The van der Waals surface area contributed by atoms with E-state index in [0.717, 1.165) is 11.1 Å². The van der Waals surface area contributed by atoms with Crippen LogP contribution in [-0.2, 0) is 9.59 Å². The molecule has 4 aliphatic carbocycles. The van der Waals surface area contributed by atoms with Gasteiger partial charge in [-0.25, -0.2) is 0 Å². The topological polar surface area (TPSA) is 34.1 Å². The quantitative estimate of drug-likeness (QED) is 0.687. The molecule has 0 heterocycles. The highest BCUT2D eigenvalue weighted by molar-refractivity contribution is 6.35. The molecule has 2 unspecified atom stereocenters. The molecule has 0 aromatic carbocycles. The fraction of sp³-hybridized carbons (Fsp3) is 0.125. The van der Waals surface area contributed by atoms with Crippen LogP contribution in [0.15, 0.2) is 68.8 Å². The molecule has 4 aliphatic rings. The molecule has 0 N–H and O–H groups in total. The van der Waals surface area contributed by atoms with E-state index >= 15 is 0 Å². The Morgan fingerprint density at radius 2 is 1.15 bits per heavy atom. The van der Waals surface area contributed by atoms with Gasteiger partial charge in [0.05, 0.1) is 0 Å². The van der Waals surface area contributed by atoms with Crippen molar-refractivity contribution < 1.29 is 9.59 Å².